The van der Waals surface area contributed by atoms with Gasteiger partial charge in [0.05, 0.1) is 0 Å². The van der Waals surface area contributed by atoms with Crippen molar-refractivity contribution in [2.75, 3.05) is 0 Å². The lowest BCUT2D eigenvalue weighted by molar-refractivity contribution is 1.41. The lowest BCUT2D eigenvalue weighted by Gasteiger charge is -2.00. The maximum Gasteiger partial charge on any atom is 0.0337 e. The molecule has 0 radical (unpaired) electrons. The van der Waals surface area contributed by atoms with Crippen molar-refractivity contribution in [2.24, 2.45) is 0 Å². The van der Waals surface area contributed by atoms with E-state index in [9.17, 15) is 0 Å². The summed E-state index contributed by atoms with van der Waals surface area (Å²) >= 11 is 10.6. The fourth-order valence-corrected chi connectivity index (χ4v) is 4.07. The van der Waals surface area contributed by atoms with Crippen LogP contribution in [0.15, 0.2) is 49.6 Å². The molecular formula is C11H8Br2S2. The van der Waals surface area contributed by atoms with Gasteiger partial charge in [0.2, 0.25) is 0 Å². The Labute approximate surface area is 114 Å². The van der Waals surface area contributed by atoms with Gasteiger partial charge in [0.25, 0.3) is 0 Å². The lowest BCUT2D eigenvalue weighted by atomic mass is 10.4. The molecule has 2 rings (SSSR count). The smallest absolute Gasteiger partial charge is 0.0337 e. The molecule has 1 aromatic carbocycles. The summed E-state index contributed by atoms with van der Waals surface area (Å²) < 4.78 is 2.35. The van der Waals surface area contributed by atoms with Crippen LogP contribution in [0.5, 0.6) is 0 Å². The van der Waals surface area contributed by atoms with E-state index >= 15 is 0 Å². The van der Waals surface area contributed by atoms with Gasteiger partial charge in [-0.25, -0.2) is 0 Å². The summed E-state index contributed by atoms with van der Waals surface area (Å²) in [5.41, 5.74) is 0. The topological polar surface area (TPSA) is 0 Å². The van der Waals surface area contributed by atoms with E-state index in [-0.39, 0.29) is 0 Å². The van der Waals surface area contributed by atoms with Gasteiger partial charge in [-0.3, -0.25) is 0 Å². The maximum atomic E-state index is 3.54. The van der Waals surface area contributed by atoms with E-state index < -0.39 is 0 Å². The van der Waals surface area contributed by atoms with Crippen LogP contribution in [0.25, 0.3) is 0 Å². The monoisotopic (exact) mass is 362 g/mol. The van der Waals surface area contributed by atoms with Crippen LogP contribution in [0.2, 0.25) is 0 Å². The van der Waals surface area contributed by atoms with Crippen LogP contribution in [-0.4, -0.2) is 0 Å². The number of thiophene rings is 1. The highest BCUT2D eigenvalue weighted by atomic mass is 79.9. The first kappa shape index (κ1) is 11.7. The second-order valence-electron chi connectivity index (χ2n) is 2.93. The molecule has 1 aromatic heterocycles. The second-order valence-corrected chi connectivity index (χ2v) is 6.75. The van der Waals surface area contributed by atoms with Gasteiger partial charge in [0.15, 0.2) is 0 Å². The zero-order valence-electron chi connectivity index (χ0n) is 7.74. The minimum Gasteiger partial charge on any atom is -0.147 e. The van der Waals surface area contributed by atoms with E-state index in [1.165, 1.54) is 14.2 Å². The summed E-state index contributed by atoms with van der Waals surface area (Å²) in [7, 11) is 0. The molecule has 2 aromatic rings. The molecule has 0 saturated carbocycles. The third-order valence-corrected chi connectivity index (χ3v) is 5.55. The average molecular weight is 364 g/mol. The quantitative estimate of drug-likeness (QED) is 0.642. The van der Waals surface area contributed by atoms with Crippen molar-refractivity contribution in [3.63, 3.8) is 0 Å². The predicted molar refractivity (Wildman–Crippen MR) is 75.7 cm³/mol. The van der Waals surface area contributed by atoms with Gasteiger partial charge in [-0.15, -0.1) is 23.1 Å². The van der Waals surface area contributed by atoms with Gasteiger partial charge >= 0.3 is 0 Å². The standard InChI is InChI=1S/C11H8Br2S2/c12-8-1-3-9(4-2-8)15-7-11-10(13)5-6-14-11/h1-6H,7H2. The van der Waals surface area contributed by atoms with E-state index in [1.807, 2.05) is 11.8 Å². The molecule has 0 bridgehead atoms. The van der Waals surface area contributed by atoms with Crippen LogP contribution in [0.1, 0.15) is 4.88 Å². The number of hydrogen-bond donors (Lipinski definition) is 0. The molecule has 0 amide bonds. The molecule has 0 atom stereocenters. The molecule has 15 heavy (non-hydrogen) atoms. The molecular weight excluding hydrogens is 356 g/mol. The number of halogens is 2. The van der Waals surface area contributed by atoms with Crippen LogP contribution in [-0.2, 0) is 5.75 Å². The zero-order chi connectivity index (χ0) is 10.7. The summed E-state index contributed by atoms with van der Waals surface area (Å²) in [4.78, 5) is 2.70. The number of hydrogen-bond acceptors (Lipinski definition) is 2. The minimum absolute atomic E-state index is 1.03. The molecule has 0 N–H and O–H groups in total. The predicted octanol–water partition coefficient (Wildman–Crippen LogP) is 5.57. The third-order valence-electron chi connectivity index (χ3n) is 1.87. The number of thioether (sulfide) groups is 1. The first-order chi connectivity index (χ1) is 7.25. The Morgan fingerprint density at radius 2 is 1.80 bits per heavy atom. The first-order valence-corrected chi connectivity index (χ1v) is 7.81. The largest absolute Gasteiger partial charge is 0.147 e. The van der Waals surface area contributed by atoms with E-state index in [2.05, 4.69) is 67.6 Å². The summed E-state index contributed by atoms with van der Waals surface area (Å²) in [6.45, 7) is 0. The van der Waals surface area contributed by atoms with E-state index in [4.69, 9.17) is 0 Å². The summed E-state index contributed by atoms with van der Waals surface area (Å²) in [6, 6.07) is 10.5. The van der Waals surface area contributed by atoms with Crippen molar-refractivity contribution in [3.8, 4) is 0 Å². The molecule has 4 heteroatoms. The fourth-order valence-electron chi connectivity index (χ4n) is 1.11. The van der Waals surface area contributed by atoms with Crippen LogP contribution in [0, 0.1) is 0 Å². The molecule has 0 aliphatic rings. The molecule has 0 spiro atoms. The molecule has 0 saturated heterocycles. The molecule has 0 nitrogen and oxygen atoms in total. The van der Waals surface area contributed by atoms with Gasteiger partial charge in [0.1, 0.15) is 0 Å². The Hall–Kier alpha value is 0.230. The molecule has 0 aliphatic heterocycles. The van der Waals surface area contributed by atoms with Gasteiger partial charge in [-0.1, -0.05) is 15.9 Å². The van der Waals surface area contributed by atoms with Crippen LogP contribution < -0.4 is 0 Å². The van der Waals surface area contributed by atoms with Crippen LogP contribution >= 0.6 is 55.0 Å². The van der Waals surface area contributed by atoms with Gasteiger partial charge in [-0.05, 0) is 51.6 Å². The van der Waals surface area contributed by atoms with E-state index in [1.54, 1.807) is 11.3 Å². The molecule has 0 fully saturated rings. The lowest BCUT2D eigenvalue weighted by Crippen LogP contribution is -1.76. The van der Waals surface area contributed by atoms with Crippen molar-refractivity contribution in [3.05, 3.63) is 49.5 Å². The van der Waals surface area contributed by atoms with Gasteiger partial charge < -0.3 is 0 Å². The summed E-state index contributed by atoms with van der Waals surface area (Å²) in [5.74, 6) is 1.03. The highest BCUT2D eigenvalue weighted by Crippen LogP contribution is 2.30. The summed E-state index contributed by atoms with van der Waals surface area (Å²) in [6.07, 6.45) is 0. The van der Waals surface area contributed by atoms with Crippen molar-refractivity contribution in [1.29, 1.82) is 0 Å². The van der Waals surface area contributed by atoms with Crippen molar-refractivity contribution in [2.45, 2.75) is 10.6 Å². The van der Waals surface area contributed by atoms with Crippen molar-refractivity contribution >= 4 is 55.0 Å². The zero-order valence-corrected chi connectivity index (χ0v) is 12.5. The van der Waals surface area contributed by atoms with Gasteiger partial charge in [0, 0.05) is 24.5 Å². The maximum absolute atomic E-state index is 3.54. The van der Waals surface area contributed by atoms with Crippen LogP contribution in [0.4, 0.5) is 0 Å². The Balaban J connectivity index is 1.99. The Bertz CT molecular complexity index is 434. The van der Waals surface area contributed by atoms with Gasteiger partial charge in [-0.2, -0.15) is 0 Å². The average Bonchev–Trinajstić information content (AvgIpc) is 2.63. The van der Waals surface area contributed by atoms with E-state index in [0.717, 1.165) is 10.2 Å². The number of rotatable bonds is 3. The summed E-state index contributed by atoms with van der Waals surface area (Å²) in [5, 5.41) is 2.11. The SMILES string of the molecule is Brc1ccc(SCc2sccc2Br)cc1. The minimum atomic E-state index is 1.03. The normalized spacial score (nSPS) is 10.5. The Kier molecular flexibility index (Phi) is 4.31. The van der Waals surface area contributed by atoms with Crippen molar-refractivity contribution < 1.29 is 0 Å². The first-order valence-electron chi connectivity index (χ1n) is 4.36. The number of benzene rings is 1. The van der Waals surface area contributed by atoms with Crippen molar-refractivity contribution in [1.82, 2.24) is 0 Å². The highest BCUT2D eigenvalue weighted by molar-refractivity contribution is 9.10. The Morgan fingerprint density at radius 1 is 1.07 bits per heavy atom. The highest BCUT2D eigenvalue weighted by Gasteiger charge is 2.02. The molecule has 0 aliphatic carbocycles. The Morgan fingerprint density at radius 3 is 2.40 bits per heavy atom. The molecule has 0 unspecified atom stereocenters. The second kappa shape index (κ2) is 5.53. The fraction of sp³-hybridized carbons (Fsp3) is 0.0909. The molecule has 1 heterocycles. The van der Waals surface area contributed by atoms with E-state index in [0.29, 0.717) is 0 Å². The third kappa shape index (κ3) is 3.34. The molecule has 78 valence electrons. The van der Waals surface area contributed by atoms with Crippen LogP contribution in [0.3, 0.4) is 0 Å².